The van der Waals surface area contributed by atoms with E-state index in [2.05, 4.69) is 10.3 Å². The second kappa shape index (κ2) is 3.76. The van der Waals surface area contributed by atoms with Crippen LogP contribution in [0.2, 0.25) is 0 Å². The van der Waals surface area contributed by atoms with Crippen LogP contribution in [-0.2, 0) is 4.74 Å². The lowest BCUT2D eigenvalue weighted by molar-refractivity contribution is -0.0665. The molecule has 0 aromatic carbocycles. The molecule has 0 atom stereocenters. The number of hydrogen-bond donors (Lipinski definition) is 2. The van der Waals surface area contributed by atoms with Crippen molar-refractivity contribution in [3.63, 3.8) is 0 Å². The molecule has 0 bridgehead atoms. The molecule has 1 aliphatic rings. The van der Waals surface area contributed by atoms with E-state index in [-0.39, 0.29) is 5.60 Å². The second-order valence-corrected chi connectivity index (χ2v) is 3.20. The first-order valence-electron chi connectivity index (χ1n) is 4.24. The van der Waals surface area contributed by atoms with Crippen molar-refractivity contribution in [1.82, 2.24) is 5.32 Å². The predicted molar refractivity (Wildman–Crippen MR) is 49.1 cm³/mol. The molecule has 4 heteroatoms. The molecule has 0 aromatic heterocycles. The molecular weight excluding hydrogens is 154 g/mol. The third kappa shape index (κ3) is 1.88. The number of nitrogens with two attached hydrogens (primary N) is 1. The maximum absolute atomic E-state index is 5.50. The van der Waals surface area contributed by atoms with E-state index >= 15 is 0 Å². The third-order valence-electron chi connectivity index (χ3n) is 2.53. The van der Waals surface area contributed by atoms with Gasteiger partial charge in [0.1, 0.15) is 0 Å². The average molecular weight is 171 g/mol. The maximum Gasteiger partial charge on any atom is 0.188 e. The van der Waals surface area contributed by atoms with E-state index in [0.29, 0.717) is 5.96 Å². The van der Waals surface area contributed by atoms with Crippen LogP contribution in [0, 0.1) is 0 Å². The molecule has 0 spiro atoms. The Morgan fingerprint density at radius 1 is 1.67 bits per heavy atom. The van der Waals surface area contributed by atoms with Crippen LogP contribution in [0.3, 0.4) is 0 Å². The molecule has 3 N–H and O–H groups in total. The van der Waals surface area contributed by atoms with Gasteiger partial charge in [0.15, 0.2) is 5.96 Å². The minimum Gasteiger partial charge on any atom is -0.376 e. The summed E-state index contributed by atoms with van der Waals surface area (Å²) in [6, 6.07) is 0. The number of ether oxygens (including phenoxy) is 1. The molecular formula is C8H17N3O. The quantitative estimate of drug-likeness (QED) is 0.467. The molecule has 1 saturated carbocycles. The zero-order valence-corrected chi connectivity index (χ0v) is 7.76. The van der Waals surface area contributed by atoms with E-state index in [1.807, 2.05) is 0 Å². The minimum atomic E-state index is 0.0231. The van der Waals surface area contributed by atoms with Gasteiger partial charge in [0.25, 0.3) is 0 Å². The summed E-state index contributed by atoms with van der Waals surface area (Å²) in [5.41, 5.74) is 5.52. The fourth-order valence-corrected chi connectivity index (χ4v) is 1.35. The smallest absolute Gasteiger partial charge is 0.188 e. The predicted octanol–water partition coefficient (Wildman–Crippen LogP) is 0.0896. The Morgan fingerprint density at radius 3 is 2.67 bits per heavy atom. The maximum atomic E-state index is 5.50. The highest BCUT2D eigenvalue weighted by Gasteiger charge is 2.36. The van der Waals surface area contributed by atoms with Crippen molar-refractivity contribution >= 4 is 5.96 Å². The lowest BCUT2D eigenvalue weighted by Gasteiger charge is -2.40. The van der Waals surface area contributed by atoms with Gasteiger partial charge in [-0.25, -0.2) is 0 Å². The van der Waals surface area contributed by atoms with Gasteiger partial charge in [0, 0.05) is 20.7 Å². The van der Waals surface area contributed by atoms with Crippen molar-refractivity contribution in [3.05, 3.63) is 0 Å². The Bertz CT molecular complexity index is 170. The third-order valence-corrected chi connectivity index (χ3v) is 2.53. The fraction of sp³-hybridized carbons (Fsp3) is 0.875. The summed E-state index contributed by atoms with van der Waals surface area (Å²) in [6.45, 7) is 0.771. The highest BCUT2D eigenvalue weighted by molar-refractivity contribution is 5.77. The van der Waals surface area contributed by atoms with Gasteiger partial charge in [0.2, 0.25) is 0 Å². The van der Waals surface area contributed by atoms with Crippen LogP contribution >= 0.6 is 0 Å². The summed E-state index contributed by atoms with van der Waals surface area (Å²) < 4.78 is 5.40. The molecule has 4 nitrogen and oxygen atoms in total. The summed E-state index contributed by atoms with van der Waals surface area (Å²) in [7, 11) is 3.42. The molecule has 0 heterocycles. The highest BCUT2D eigenvalue weighted by atomic mass is 16.5. The SMILES string of the molecule is CN=C(N)NCC1(OC)CCC1. The largest absolute Gasteiger partial charge is 0.376 e. The Morgan fingerprint density at radius 2 is 2.33 bits per heavy atom. The zero-order valence-electron chi connectivity index (χ0n) is 7.76. The Labute approximate surface area is 73.2 Å². The first kappa shape index (κ1) is 9.32. The molecule has 0 unspecified atom stereocenters. The monoisotopic (exact) mass is 171 g/mol. The van der Waals surface area contributed by atoms with E-state index in [1.54, 1.807) is 14.2 Å². The van der Waals surface area contributed by atoms with Crippen molar-refractivity contribution in [2.24, 2.45) is 10.7 Å². The molecule has 0 saturated heterocycles. The first-order chi connectivity index (χ1) is 5.72. The summed E-state index contributed by atoms with van der Waals surface area (Å²) in [4.78, 5) is 3.81. The van der Waals surface area contributed by atoms with Crippen LogP contribution in [0.4, 0.5) is 0 Å². The molecule has 1 fully saturated rings. The van der Waals surface area contributed by atoms with E-state index in [9.17, 15) is 0 Å². The second-order valence-electron chi connectivity index (χ2n) is 3.20. The lowest BCUT2D eigenvalue weighted by atomic mass is 9.80. The van der Waals surface area contributed by atoms with Crippen molar-refractivity contribution in [2.75, 3.05) is 20.7 Å². The van der Waals surface area contributed by atoms with Gasteiger partial charge < -0.3 is 15.8 Å². The molecule has 0 radical (unpaired) electrons. The number of guanidine groups is 1. The lowest BCUT2D eigenvalue weighted by Crippen LogP contribution is -2.50. The van der Waals surface area contributed by atoms with E-state index in [1.165, 1.54) is 6.42 Å². The molecule has 12 heavy (non-hydrogen) atoms. The molecule has 0 amide bonds. The van der Waals surface area contributed by atoms with Crippen LogP contribution in [0.1, 0.15) is 19.3 Å². The van der Waals surface area contributed by atoms with Gasteiger partial charge in [-0.3, -0.25) is 4.99 Å². The summed E-state index contributed by atoms with van der Waals surface area (Å²) in [5.74, 6) is 0.485. The normalized spacial score (nSPS) is 21.7. The topological polar surface area (TPSA) is 59.6 Å². The number of rotatable bonds is 3. The van der Waals surface area contributed by atoms with Crippen molar-refractivity contribution in [1.29, 1.82) is 0 Å². The van der Waals surface area contributed by atoms with Gasteiger partial charge >= 0.3 is 0 Å². The summed E-state index contributed by atoms with van der Waals surface area (Å²) >= 11 is 0. The molecule has 0 aliphatic heterocycles. The van der Waals surface area contributed by atoms with Crippen LogP contribution in [0.5, 0.6) is 0 Å². The number of aliphatic imine (C=N–C) groups is 1. The summed E-state index contributed by atoms with van der Waals surface area (Å²) in [6.07, 6.45) is 3.49. The summed E-state index contributed by atoms with van der Waals surface area (Å²) in [5, 5.41) is 3.03. The number of methoxy groups -OCH3 is 1. The van der Waals surface area contributed by atoms with Crippen LogP contribution in [0.15, 0.2) is 4.99 Å². The molecule has 70 valence electrons. The van der Waals surface area contributed by atoms with Gasteiger partial charge in [-0.15, -0.1) is 0 Å². The van der Waals surface area contributed by atoms with Gasteiger partial charge in [0.05, 0.1) is 5.60 Å². The Balaban J connectivity index is 2.29. The van der Waals surface area contributed by atoms with Crippen molar-refractivity contribution in [3.8, 4) is 0 Å². The van der Waals surface area contributed by atoms with Gasteiger partial charge in [-0.1, -0.05) is 0 Å². The first-order valence-corrected chi connectivity index (χ1v) is 4.24. The van der Waals surface area contributed by atoms with E-state index in [0.717, 1.165) is 19.4 Å². The Kier molecular flexibility index (Phi) is 2.92. The highest BCUT2D eigenvalue weighted by Crippen LogP contribution is 2.34. The molecule has 0 aromatic rings. The fourth-order valence-electron chi connectivity index (χ4n) is 1.35. The molecule has 1 rings (SSSR count). The van der Waals surface area contributed by atoms with E-state index in [4.69, 9.17) is 10.5 Å². The number of nitrogens with zero attached hydrogens (tertiary/aromatic N) is 1. The Hall–Kier alpha value is -0.770. The van der Waals surface area contributed by atoms with Gasteiger partial charge in [-0.05, 0) is 19.3 Å². The minimum absolute atomic E-state index is 0.0231. The number of hydrogen-bond acceptors (Lipinski definition) is 2. The number of nitrogens with one attached hydrogen (secondary N) is 1. The van der Waals surface area contributed by atoms with Crippen molar-refractivity contribution < 1.29 is 4.74 Å². The average Bonchev–Trinajstić information content (AvgIpc) is 2.03. The van der Waals surface area contributed by atoms with Crippen LogP contribution < -0.4 is 11.1 Å². The van der Waals surface area contributed by atoms with Crippen molar-refractivity contribution in [2.45, 2.75) is 24.9 Å². The van der Waals surface area contributed by atoms with Crippen LogP contribution in [-0.4, -0.2) is 32.3 Å². The van der Waals surface area contributed by atoms with Crippen LogP contribution in [0.25, 0.3) is 0 Å². The molecule has 1 aliphatic carbocycles. The standard InChI is InChI=1S/C8H17N3O/c1-10-7(9)11-6-8(12-2)4-3-5-8/h3-6H2,1-2H3,(H3,9,10,11). The zero-order chi connectivity index (χ0) is 9.03. The van der Waals surface area contributed by atoms with E-state index < -0.39 is 0 Å². The van der Waals surface area contributed by atoms with Gasteiger partial charge in [-0.2, -0.15) is 0 Å².